The molecule has 4 aliphatic carbocycles. The van der Waals surface area contributed by atoms with Gasteiger partial charge in [-0.05, 0) is 110 Å². The molecule has 0 bridgehead atoms. The molecule has 1 aliphatic heterocycles. The first-order valence-corrected chi connectivity index (χ1v) is 13.7. The van der Waals surface area contributed by atoms with Crippen molar-refractivity contribution < 1.29 is 24.2 Å². The van der Waals surface area contributed by atoms with Gasteiger partial charge in [0, 0.05) is 17.9 Å². The smallest absolute Gasteiger partial charge is 0.334 e. The standard InChI is InChI=1S/C30H42O5/c1-18(16-31)7-6-8-19(2)21-9-11-28(5)23-15-22-25(20(3)26(34)35-22)30(12-10-24(32)33)17-29(23,30)14-13-27(21,28)4/h7,16,19,21-23,25H,3,6,8-15,17H2,1-2,4-5H3,(H,32,33)/b18-7-/t19-,21-,22-,23+,25-,27-,28+,29+,30-/m1/s1. The lowest BCUT2D eigenvalue weighted by molar-refractivity contribution is -0.158. The maximum atomic E-state index is 12.6. The Morgan fingerprint density at radius 2 is 2.00 bits per heavy atom. The van der Waals surface area contributed by atoms with E-state index in [9.17, 15) is 19.5 Å². The number of hydrogen-bond donors (Lipinski definition) is 1. The molecule has 0 unspecified atom stereocenters. The highest BCUT2D eigenvalue weighted by atomic mass is 16.6. The number of carbonyl (C=O) groups is 3. The minimum atomic E-state index is -0.753. The van der Waals surface area contributed by atoms with E-state index in [1.54, 1.807) is 0 Å². The fraction of sp³-hybridized carbons (Fsp3) is 0.767. The van der Waals surface area contributed by atoms with Gasteiger partial charge in [-0.3, -0.25) is 9.59 Å². The van der Waals surface area contributed by atoms with Gasteiger partial charge in [0.2, 0.25) is 0 Å². The molecule has 5 heteroatoms. The first-order chi connectivity index (χ1) is 16.5. The fourth-order valence-corrected chi connectivity index (χ4v) is 10.3. The Kier molecular flexibility index (Phi) is 5.69. The van der Waals surface area contributed by atoms with Gasteiger partial charge in [-0.2, -0.15) is 0 Å². The van der Waals surface area contributed by atoms with E-state index >= 15 is 0 Å². The summed E-state index contributed by atoms with van der Waals surface area (Å²) in [6.07, 6.45) is 12.3. The summed E-state index contributed by atoms with van der Waals surface area (Å²) in [7, 11) is 0. The van der Waals surface area contributed by atoms with Crippen LogP contribution in [0.3, 0.4) is 0 Å². The first kappa shape index (κ1) is 24.8. The molecule has 192 valence electrons. The van der Waals surface area contributed by atoms with Gasteiger partial charge in [0.15, 0.2) is 0 Å². The second-order valence-electron chi connectivity index (χ2n) is 13.2. The van der Waals surface area contributed by atoms with Crippen LogP contribution in [0, 0.1) is 45.3 Å². The number of esters is 1. The number of rotatable bonds is 8. The molecule has 9 atom stereocenters. The summed E-state index contributed by atoms with van der Waals surface area (Å²) < 4.78 is 5.92. The first-order valence-electron chi connectivity index (χ1n) is 13.7. The van der Waals surface area contributed by atoms with Crippen molar-refractivity contribution in [3.05, 3.63) is 23.8 Å². The Labute approximate surface area is 209 Å². The zero-order chi connectivity index (χ0) is 25.4. The van der Waals surface area contributed by atoms with Crippen LogP contribution in [-0.4, -0.2) is 29.4 Å². The summed E-state index contributed by atoms with van der Waals surface area (Å²) in [6, 6.07) is 0. The maximum Gasteiger partial charge on any atom is 0.334 e. The van der Waals surface area contributed by atoms with Gasteiger partial charge >= 0.3 is 11.9 Å². The maximum absolute atomic E-state index is 12.6. The average Bonchev–Trinajstić information content (AvgIpc) is 3.27. The minimum Gasteiger partial charge on any atom is -0.481 e. The third-order valence-corrected chi connectivity index (χ3v) is 12.2. The van der Waals surface area contributed by atoms with E-state index in [1.165, 1.54) is 19.3 Å². The normalized spacial score (nSPS) is 46.7. The van der Waals surface area contributed by atoms with E-state index in [4.69, 9.17) is 4.74 Å². The topological polar surface area (TPSA) is 80.7 Å². The van der Waals surface area contributed by atoms with Gasteiger partial charge in [-0.15, -0.1) is 0 Å². The third kappa shape index (κ3) is 3.21. The minimum absolute atomic E-state index is 0.0116. The van der Waals surface area contributed by atoms with Crippen molar-refractivity contribution in [3.8, 4) is 0 Å². The van der Waals surface area contributed by atoms with E-state index in [1.807, 2.05) is 6.92 Å². The quantitative estimate of drug-likeness (QED) is 0.256. The van der Waals surface area contributed by atoms with Gasteiger partial charge in [-0.1, -0.05) is 33.4 Å². The molecule has 1 spiro atoms. The number of carbonyl (C=O) groups excluding carboxylic acids is 2. The average molecular weight is 483 g/mol. The van der Waals surface area contributed by atoms with E-state index in [-0.39, 0.29) is 46.1 Å². The molecule has 0 aromatic heterocycles. The van der Waals surface area contributed by atoms with Crippen LogP contribution in [-0.2, 0) is 19.1 Å². The Balaban J connectivity index is 1.44. The van der Waals surface area contributed by atoms with Crippen molar-refractivity contribution in [2.24, 2.45) is 45.3 Å². The Morgan fingerprint density at radius 1 is 1.26 bits per heavy atom. The molecule has 35 heavy (non-hydrogen) atoms. The molecular weight excluding hydrogens is 440 g/mol. The van der Waals surface area contributed by atoms with Crippen molar-refractivity contribution in [1.82, 2.24) is 0 Å². The fourth-order valence-electron chi connectivity index (χ4n) is 10.3. The Morgan fingerprint density at radius 3 is 2.69 bits per heavy atom. The van der Waals surface area contributed by atoms with Crippen molar-refractivity contribution in [2.75, 3.05) is 0 Å². The molecule has 0 aromatic rings. The van der Waals surface area contributed by atoms with Crippen LogP contribution >= 0.6 is 0 Å². The van der Waals surface area contributed by atoms with Crippen LogP contribution in [0.5, 0.6) is 0 Å². The monoisotopic (exact) mass is 482 g/mol. The lowest BCUT2D eigenvalue weighted by Gasteiger charge is -2.61. The van der Waals surface area contributed by atoms with E-state index in [2.05, 4.69) is 33.4 Å². The molecule has 0 radical (unpaired) electrons. The molecule has 1 saturated heterocycles. The van der Waals surface area contributed by atoms with Crippen molar-refractivity contribution >= 4 is 18.2 Å². The van der Waals surface area contributed by atoms with Crippen LogP contribution in [0.2, 0.25) is 0 Å². The largest absolute Gasteiger partial charge is 0.481 e. The van der Waals surface area contributed by atoms with Gasteiger partial charge in [-0.25, -0.2) is 4.79 Å². The number of fused-ring (bicyclic) bond motifs is 4. The molecule has 1 N–H and O–H groups in total. The molecule has 5 fully saturated rings. The molecule has 1 heterocycles. The second-order valence-corrected chi connectivity index (χ2v) is 13.2. The van der Waals surface area contributed by atoms with Crippen molar-refractivity contribution in [1.29, 1.82) is 0 Å². The molecule has 0 aromatic carbocycles. The van der Waals surface area contributed by atoms with Crippen LogP contribution in [0.25, 0.3) is 0 Å². The number of ether oxygens (including phenoxy) is 1. The van der Waals surface area contributed by atoms with Crippen LogP contribution in [0.4, 0.5) is 0 Å². The SMILES string of the molecule is C=C1C(=O)O[C@@H]2C[C@@H]3[C@]4(CC[C@]5(C)[C@@H]([C@H](C)CC/C=C(/C)C=O)CC[C@@]35C)C[C@]4(CCC(=O)O)[C@H]12. The van der Waals surface area contributed by atoms with Crippen LogP contribution in [0.1, 0.15) is 91.9 Å². The van der Waals surface area contributed by atoms with Gasteiger partial charge < -0.3 is 9.84 Å². The number of carboxylic acid groups (broad SMARTS) is 1. The Bertz CT molecular complexity index is 997. The highest BCUT2D eigenvalue weighted by Gasteiger charge is 2.83. The van der Waals surface area contributed by atoms with Gasteiger partial charge in [0.25, 0.3) is 0 Å². The van der Waals surface area contributed by atoms with Crippen molar-refractivity contribution in [2.45, 2.75) is 98.0 Å². The lowest BCUT2D eigenvalue weighted by Crippen LogP contribution is -2.56. The number of aldehydes is 1. The number of allylic oxidation sites excluding steroid dienone is 2. The zero-order valence-corrected chi connectivity index (χ0v) is 21.9. The molecule has 4 saturated carbocycles. The second kappa shape index (κ2) is 8.05. The highest BCUT2D eigenvalue weighted by Crippen LogP contribution is 2.88. The molecule has 5 rings (SSSR count). The summed E-state index contributed by atoms with van der Waals surface area (Å²) in [4.78, 5) is 35.2. The lowest BCUT2D eigenvalue weighted by atomic mass is 9.43. The molecule has 0 amide bonds. The zero-order valence-electron chi connectivity index (χ0n) is 21.9. The predicted octanol–water partition coefficient (Wildman–Crippen LogP) is 6.12. The van der Waals surface area contributed by atoms with Gasteiger partial charge in [0.1, 0.15) is 12.4 Å². The van der Waals surface area contributed by atoms with E-state index in [0.29, 0.717) is 29.7 Å². The van der Waals surface area contributed by atoms with Gasteiger partial charge in [0.05, 0.1) is 0 Å². The highest BCUT2D eigenvalue weighted by molar-refractivity contribution is 5.91. The summed E-state index contributed by atoms with van der Waals surface area (Å²) in [5.41, 5.74) is 1.76. The number of hydrogen-bond acceptors (Lipinski definition) is 4. The molecular formula is C30H42O5. The predicted molar refractivity (Wildman–Crippen MR) is 133 cm³/mol. The summed E-state index contributed by atoms with van der Waals surface area (Å²) in [6.45, 7) is 13.4. The molecule has 5 aliphatic rings. The summed E-state index contributed by atoms with van der Waals surface area (Å²) >= 11 is 0. The summed E-state index contributed by atoms with van der Waals surface area (Å²) in [5, 5.41) is 9.54. The Hall–Kier alpha value is -1.91. The number of carboxylic acids is 1. The number of aliphatic carboxylic acids is 1. The summed E-state index contributed by atoms with van der Waals surface area (Å²) in [5.74, 6) is 0.652. The van der Waals surface area contributed by atoms with Crippen LogP contribution < -0.4 is 0 Å². The van der Waals surface area contributed by atoms with Crippen LogP contribution in [0.15, 0.2) is 23.8 Å². The van der Waals surface area contributed by atoms with Crippen molar-refractivity contribution in [3.63, 3.8) is 0 Å². The van der Waals surface area contributed by atoms with E-state index < -0.39 is 5.97 Å². The molecule has 5 nitrogen and oxygen atoms in total. The van der Waals surface area contributed by atoms with E-state index in [0.717, 1.165) is 44.0 Å². The third-order valence-electron chi connectivity index (χ3n) is 12.2.